The maximum absolute atomic E-state index is 14.3. The minimum absolute atomic E-state index is 0.0295. The molecule has 0 saturated heterocycles. The highest BCUT2D eigenvalue weighted by molar-refractivity contribution is 7.89. The van der Waals surface area contributed by atoms with Crippen molar-refractivity contribution in [2.75, 3.05) is 7.11 Å². The van der Waals surface area contributed by atoms with Crippen LogP contribution in [0.4, 0.5) is 0 Å². The number of rotatable bonds is 6. The van der Waals surface area contributed by atoms with E-state index in [-0.39, 0.29) is 10.3 Å². The van der Waals surface area contributed by atoms with Crippen molar-refractivity contribution in [2.24, 2.45) is 10.4 Å². The molecule has 0 bridgehead atoms. The molecule has 3 aromatic carbocycles. The first-order chi connectivity index (χ1) is 16.8. The third kappa shape index (κ3) is 5.19. The molecular weight excluding hydrogens is 468 g/mol. The summed E-state index contributed by atoms with van der Waals surface area (Å²) in [5.41, 5.74) is 3.18. The number of benzene rings is 3. The number of hydrogen-bond acceptors (Lipinski definition) is 4. The van der Waals surface area contributed by atoms with Gasteiger partial charge in [-0.15, -0.1) is 0 Å². The van der Waals surface area contributed by atoms with Gasteiger partial charge in [-0.2, -0.15) is 0 Å². The molecule has 6 heteroatoms. The zero-order valence-electron chi connectivity index (χ0n) is 22.2. The molecule has 1 aliphatic heterocycles. The first kappa shape index (κ1) is 26.0. The minimum Gasteiger partial charge on any atom is -0.497 e. The van der Waals surface area contributed by atoms with Gasteiger partial charge in [-0.05, 0) is 68.0 Å². The summed E-state index contributed by atoms with van der Waals surface area (Å²) in [6.45, 7) is 12.6. The second-order valence-corrected chi connectivity index (χ2v) is 13.2. The van der Waals surface area contributed by atoms with Gasteiger partial charge < -0.3 is 4.74 Å². The van der Waals surface area contributed by atoms with E-state index in [0.717, 1.165) is 34.4 Å². The van der Waals surface area contributed by atoms with E-state index in [9.17, 15) is 8.42 Å². The molecule has 0 spiro atoms. The van der Waals surface area contributed by atoms with Crippen molar-refractivity contribution in [3.8, 4) is 5.75 Å². The van der Waals surface area contributed by atoms with E-state index < -0.39 is 21.6 Å². The van der Waals surface area contributed by atoms with Crippen LogP contribution in [-0.4, -0.2) is 31.2 Å². The third-order valence-corrected chi connectivity index (χ3v) is 8.09. The van der Waals surface area contributed by atoms with E-state index >= 15 is 0 Å². The van der Waals surface area contributed by atoms with Crippen LogP contribution in [-0.2, 0) is 10.0 Å². The number of sulfonamides is 1. The predicted octanol–water partition coefficient (Wildman–Crippen LogP) is 6.76. The molecule has 36 heavy (non-hydrogen) atoms. The summed E-state index contributed by atoms with van der Waals surface area (Å²) < 4.78 is 35.5. The Kier molecular flexibility index (Phi) is 6.78. The van der Waals surface area contributed by atoms with E-state index in [1.807, 2.05) is 67.6 Å². The van der Waals surface area contributed by atoms with E-state index in [1.165, 1.54) is 4.31 Å². The molecular formula is C30H36N2O3S. The molecule has 0 radical (unpaired) electrons. The number of fused-ring (bicyclic) bond motifs is 1. The molecule has 0 amide bonds. The summed E-state index contributed by atoms with van der Waals surface area (Å²) in [5, 5.41) is 0. The Bertz CT molecular complexity index is 1370. The molecule has 1 aliphatic rings. The maximum Gasteiger partial charge on any atom is 0.266 e. The van der Waals surface area contributed by atoms with E-state index in [2.05, 4.69) is 34.6 Å². The standard InChI is InChI=1S/C30H36N2O3S/c1-21-12-18-24(19-13-21)36(33,34)32-27(22-14-16-23(35-7)17-15-22)25-10-8-9-11-26(25)28(32)31-30(5,6)20-29(2,3)4/h8-19,27H,20H2,1-7H3. The predicted molar refractivity (Wildman–Crippen MR) is 146 cm³/mol. The average molecular weight is 505 g/mol. The summed E-state index contributed by atoms with van der Waals surface area (Å²) in [6, 6.07) is 22.0. The molecule has 3 aromatic rings. The lowest BCUT2D eigenvalue weighted by Gasteiger charge is -2.32. The molecule has 0 saturated carbocycles. The highest BCUT2D eigenvalue weighted by Crippen LogP contribution is 2.44. The van der Waals surface area contributed by atoms with Crippen LogP contribution in [0.3, 0.4) is 0 Å². The number of aliphatic imine (C=N–C) groups is 1. The van der Waals surface area contributed by atoms with E-state index in [4.69, 9.17) is 9.73 Å². The largest absolute Gasteiger partial charge is 0.497 e. The zero-order chi connectivity index (χ0) is 26.3. The monoisotopic (exact) mass is 504 g/mol. The van der Waals surface area contributed by atoms with Gasteiger partial charge in [-0.3, -0.25) is 4.99 Å². The van der Waals surface area contributed by atoms with Crippen molar-refractivity contribution in [3.63, 3.8) is 0 Å². The Morgan fingerprint density at radius 1 is 0.889 bits per heavy atom. The molecule has 4 rings (SSSR count). The van der Waals surface area contributed by atoms with Gasteiger partial charge >= 0.3 is 0 Å². The average Bonchev–Trinajstić information content (AvgIpc) is 3.12. The lowest BCUT2D eigenvalue weighted by atomic mass is 9.82. The third-order valence-electron chi connectivity index (χ3n) is 6.32. The lowest BCUT2D eigenvalue weighted by molar-refractivity contribution is 0.287. The van der Waals surface area contributed by atoms with Gasteiger partial charge in [0.2, 0.25) is 0 Å². The van der Waals surface area contributed by atoms with Crippen molar-refractivity contribution >= 4 is 15.9 Å². The topological polar surface area (TPSA) is 59.0 Å². The molecule has 0 aromatic heterocycles. The Balaban J connectivity index is 1.97. The second-order valence-electron chi connectivity index (χ2n) is 11.4. The molecule has 0 N–H and O–H groups in total. The fourth-order valence-corrected chi connectivity index (χ4v) is 6.80. The summed E-state index contributed by atoms with van der Waals surface area (Å²) in [6.07, 6.45) is 0.803. The highest BCUT2D eigenvalue weighted by atomic mass is 32.2. The van der Waals surface area contributed by atoms with E-state index in [0.29, 0.717) is 5.84 Å². The molecule has 190 valence electrons. The smallest absolute Gasteiger partial charge is 0.266 e. The fourth-order valence-electron chi connectivity index (χ4n) is 5.22. The number of amidine groups is 1. The maximum atomic E-state index is 14.3. The number of nitrogens with zero attached hydrogens (tertiary/aromatic N) is 2. The molecule has 0 fully saturated rings. The number of aryl methyl sites for hydroxylation is 1. The first-order valence-corrected chi connectivity index (χ1v) is 13.7. The normalized spacial score (nSPS) is 17.4. The highest BCUT2D eigenvalue weighted by Gasteiger charge is 2.44. The Morgan fingerprint density at radius 2 is 1.50 bits per heavy atom. The Morgan fingerprint density at radius 3 is 2.08 bits per heavy atom. The number of ether oxygens (including phenoxy) is 1. The van der Waals surface area contributed by atoms with Gasteiger partial charge in [0.25, 0.3) is 10.0 Å². The van der Waals surface area contributed by atoms with Crippen molar-refractivity contribution in [2.45, 2.75) is 64.4 Å². The van der Waals surface area contributed by atoms with Crippen molar-refractivity contribution < 1.29 is 13.2 Å². The van der Waals surface area contributed by atoms with Gasteiger partial charge in [-0.1, -0.05) is 74.9 Å². The van der Waals surface area contributed by atoms with Gasteiger partial charge in [0, 0.05) is 5.56 Å². The van der Waals surface area contributed by atoms with Gasteiger partial charge in [-0.25, -0.2) is 12.7 Å². The van der Waals surface area contributed by atoms with Crippen LogP contribution in [0.1, 0.15) is 69.3 Å². The summed E-state index contributed by atoms with van der Waals surface area (Å²) >= 11 is 0. The van der Waals surface area contributed by atoms with Crippen molar-refractivity contribution in [1.29, 1.82) is 0 Å². The Hall–Kier alpha value is -3.12. The summed E-state index contributed by atoms with van der Waals surface area (Å²) in [5.74, 6) is 1.21. The van der Waals surface area contributed by atoms with Gasteiger partial charge in [0.15, 0.2) is 0 Å². The zero-order valence-corrected chi connectivity index (χ0v) is 23.1. The summed E-state index contributed by atoms with van der Waals surface area (Å²) in [4.78, 5) is 5.42. The van der Waals surface area contributed by atoms with Gasteiger partial charge in [0.05, 0.1) is 23.6 Å². The van der Waals surface area contributed by atoms with Gasteiger partial charge in [0.1, 0.15) is 11.6 Å². The fraction of sp³-hybridized carbons (Fsp3) is 0.367. The van der Waals surface area contributed by atoms with Crippen LogP contribution in [0.15, 0.2) is 82.7 Å². The molecule has 5 nitrogen and oxygen atoms in total. The lowest BCUT2D eigenvalue weighted by Crippen LogP contribution is -2.38. The van der Waals surface area contributed by atoms with Crippen LogP contribution >= 0.6 is 0 Å². The van der Waals surface area contributed by atoms with Crippen LogP contribution in [0.2, 0.25) is 0 Å². The van der Waals surface area contributed by atoms with Crippen LogP contribution in [0.25, 0.3) is 0 Å². The number of methoxy groups -OCH3 is 1. The van der Waals surface area contributed by atoms with E-state index in [1.54, 1.807) is 19.2 Å². The van der Waals surface area contributed by atoms with Crippen molar-refractivity contribution in [3.05, 3.63) is 95.1 Å². The van der Waals surface area contributed by atoms with Crippen LogP contribution in [0.5, 0.6) is 5.75 Å². The minimum atomic E-state index is -3.93. The van der Waals surface area contributed by atoms with Crippen LogP contribution in [0, 0.1) is 12.3 Å². The second kappa shape index (κ2) is 9.40. The quantitative estimate of drug-likeness (QED) is 0.373. The molecule has 1 heterocycles. The summed E-state index contributed by atoms with van der Waals surface area (Å²) in [7, 11) is -2.31. The van der Waals surface area contributed by atoms with Crippen molar-refractivity contribution in [1.82, 2.24) is 4.31 Å². The Labute approximate surface area is 215 Å². The number of hydrogen-bond donors (Lipinski definition) is 0. The SMILES string of the molecule is COc1ccc(C2c3ccccc3C(=NC(C)(C)CC(C)(C)C)N2S(=O)(=O)c2ccc(C)cc2)cc1. The van der Waals surface area contributed by atoms with Crippen LogP contribution < -0.4 is 4.74 Å². The molecule has 1 unspecified atom stereocenters. The molecule has 1 atom stereocenters. The first-order valence-electron chi connectivity index (χ1n) is 12.3. The molecule has 0 aliphatic carbocycles.